The summed E-state index contributed by atoms with van der Waals surface area (Å²) >= 11 is 0. The molecule has 3 rings (SSSR count). The highest BCUT2D eigenvalue weighted by Crippen LogP contribution is 2.27. The molecule has 7 nitrogen and oxygen atoms in total. The maximum atomic E-state index is 12.2. The van der Waals surface area contributed by atoms with E-state index in [1.54, 1.807) is 0 Å². The van der Waals surface area contributed by atoms with E-state index in [2.05, 4.69) is 15.5 Å². The van der Waals surface area contributed by atoms with E-state index in [1.807, 2.05) is 0 Å². The summed E-state index contributed by atoms with van der Waals surface area (Å²) in [5.74, 6) is 0. The number of fused-ring (bicyclic) bond motifs is 1. The van der Waals surface area contributed by atoms with Gasteiger partial charge in [0.15, 0.2) is 0 Å². The molecular formula is C15H28N4O3S. The molecule has 3 aliphatic rings. The molecule has 0 aromatic rings. The summed E-state index contributed by atoms with van der Waals surface area (Å²) < 4.78 is 24.5. The highest BCUT2D eigenvalue weighted by Gasteiger charge is 2.36. The van der Waals surface area contributed by atoms with Crippen LogP contribution in [0.1, 0.15) is 38.5 Å². The van der Waals surface area contributed by atoms with Crippen LogP contribution in [-0.2, 0) is 10.0 Å². The average Bonchev–Trinajstić information content (AvgIpc) is 2.90. The Morgan fingerprint density at radius 1 is 0.957 bits per heavy atom. The number of amides is 2. The quantitative estimate of drug-likeness (QED) is 0.773. The number of hydrogen-bond donors (Lipinski definition) is 2. The number of piperidine rings is 2. The van der Waals surface area contributed by atoms with Gasteiger partial charge in [-0.1, -0.05) is 6.42 Å². The second kappa shape index (κ2) is 6.94. The predicted molar refractivity (Wildman–Crippen MR) is 88.7 cm³/mol. The van der Waals surface area contributed by atoms with Crippen LogP contribution in [0.2, 0.25) is 0 Å². The highest BCUT2D eigenvalue weighted by atomic mass is 32.2. The Morgan fingerprint density at radius 2 is 1.70 bits per heavy atom. The fraction of sp³-hybridized carbons (Fsp3) is 0.933. The van der Waals surface area contributed by atoms with E-state index in [9.17, 15) is 13.2 Å². The Bertz CT molecular complexity index is 531. The molecule has 132 valence electrons. The zero-order chi connectivity index (χ0) is 16.4. The number of urea groups is 1. The van der Waals surface area contributed by atoms with E-state index in [1.165, 1.54) is 29.8 Å². The number of rotatable bonds is 3. The standard InChI is InChI=1S/C15H28N4O3S/c1-23(21,22)19-10-5-12(6-11-19)16-15(20)17-13-7-9-18-8-3-2-4-14(13)18/h12-14H,2-11H2,1H3,(H2,16,17,20)/t13-,14-/m1/s1. The van der Waals surface area contributed by atoms with Crippen molar-refractivity contribution in [3.8, 4) is 0 Å². The molecule has 0 aromatic heterocycles. The first-order valence-electron chi connectivity index (χ1n) is 8.70. The van der Waals surface area contributed by atoms with E-state index in [0.29, 0.717) is 32.0 Å². The first-order valence-corrected chi connectivity index (χ1v) is 10.5. The third-order valence-electron chi connectivity index (χ3n) is 5.43. The summed E-state index contributed by atoms with van der Waals surface area (Å²) in [6.07, 6.45) is 7.34. The molecule has 23 heavy (non-hydrogen) atoms. The number of carbonyl (C=O) groups is 1. The fourth-order valence-corrected chi connectivity index (χ4v) is 5.02. The van der Waals surface area contributed by atoms with Crippen LogP contribution >= 0.6 is 0 Å². The topological polar surface area (TPSA) is 81.8 Å². The summed E-state index contributed by atoms with van der Waals surface area (Å²) in [5, 5.41) is 6.17. The number of nitrogens with zero attached hydrogens (tertiary/aromatic N) is 2. The minimum absolute atomic E-state index is 0.0665. The van der Waals surface area contributed by atoms with Crippen molar-refractivity contribution in [3.63, 3.8) is 0 Å². The lowest BCUT2D eigenvalue weighted by atomic mass is 9.99. The van der Waals surface area contributed by atoms with Crippen LogP contribution in [-0.4, -0.2) is 74.2 Å². The van der Waals surface area contributed by atoms with Crippen molar-refractivity contribution in [1.29, 1.82) is 0 Å². The number of hydrogen-bond acceptors (Lipinski definition) is 4. The summed E-state index contributed by atoms with van der Waals surface area (Å²) in [4.78, 5) is 14.7. The van der Waals surface area contributed by atoms with Crippen LogP contribution in [0, 0.1) is 0 Å². The van der Waals surface area contributed by atoms with E-state index in [-0.39, 0.29) is 18.1 Å². The van der Waals surface area contributed by atoms with Crippen molar-refractivity contribution >= 4 is 16.1 Å². The van der Waals surface area contributed by atoms with Crippen molar-refractivity contribution in [2.24, 2.45) is 0 Å². The third-order valence-corrected chi connectivity index (χ3v) is 6.73. The van der Waals surface area contributed by atoms with Crippen LogP contribution in [0.15, 0.2) is 0 Å². The monoisotopic (exact) mass is 344 g/mol. The van der Waals surface area contributed by atoms with Gasteiger partial charge in [0.05, 0.1) is 6.26 Å². The van der Waals surface area contributed by atoms with Crippen LogP contribution in [0.25, 0.3) is 0 Å². The molecule has 3 heterocycles. The molecule has 2 N–H and O–H groups in total. The maximum Gasteiger partial charge on any atom is 0.315 e. The van der Waals surface area contributed by atoms with Crippen molar-refractivity contribution < 1.29 is 13.2 Å². The van der Waals surface area contributed by atoms with Gasteiger partial charge in [0.1, 0.15) is 0 Å². The van der Waals surface area contributed by atoms with Crippen LogP contribution < -0.4 is 10.6 Å². The van der Waals surface area contributed by atoms with Crippen LogP contribution in [0.4, 0.5) is 4.79 Å². The maximum absolute atomic E-state index is 12.2. The molecule has 0 spiro atoms. The number of sulfonamides is 1. The van der Waals surface area contributed by atoms with E-state index in [0.717, 1.165) is 19.5 Å². The molecule has 0 radical (unpaired) electrons. The number of carbonyl (C=O) groups excluding carboxylic acids is 1. The number of nitrogens with one attached hydrogen (secondary N) is 2. The molecule has 2 atom stereocenters. The zero-order valence-electron chi connectivity index (χ0n) is 13.8. The van der Waals surface area contributed by atoms with Gasteiger partial charge in [-0.05, 0) is 38.6 Å². The largest absolute Gasteiger partial charge is 0.335 e. The molecule has 3 saturated heterocycles. The van der Waals surface area contributed by atoms with Gasteiger partial charge in [-0.2, -0.15) is 0 Å². The van der Waals surface area contributed by atoms with Crippen molar-refractivity contribution in [2.45, 2.75) is 56.7 Å². The summed E-state index contributed by atoms with van der Waals surface area (Å²) in [7, 11) is -3.11. The van der Waals surface area contributed by atoms with E-state index >= 15 is 0 Å². The minimum atomic E-state index is -3.11. The van der Waals surface area contributed by atoms with Gasteiger partial charge in [0.25, 0.3) is 0 Å². The van der Waals surface area contributed by atoms with Crippen LogP contribution in [0.3, 0.4) is 0 Å². The molecule has 0 saturated carbocycles. The Morgan fingerprint density at radius 3 is 2.39 bits per heavy atom. The Hall–Kier alpha value is -0.860. The van der Waals surface area contributed by atoms with Crippen molar-refractivity contribution in [2.75, 3.05) is 32.4 Å². The minimum Gasteiger partial charge on any atom is -0.335 e. The van der Waals surface area contributed by atoms with Gasteiger partial charge < -0.3 is 10.6 Å². The second-order valence-corrected chi connectivity index (χ2v) is 9.03. The first kappa shape index (κ1) is 17.0. The van der Waals surface area contributed by atoms with Gasteiger partial charge in [0, 0.05) is 37.8 Å². The van der Waals surface area contributed by atoms with Gasteiger partial charge in [-0.25, -0.2) is 17.5 Å². The lowest BCUT2D eigenvalue weighted by Gasteiger charge is -2.33. The van der Waals surface area contributed by atoms with Crippen molar-refractivity contribution in [1.82, 2.24) is 19.8 Å². The van der Waals surface area contributed by atoms with Gasteiger partial charge in [-0.15, -0.1) is 0 Å². The average molecular weight is 344 g/mol. The Balaban J connectivity index is 1.44. The smallest absolute Gasteiger partial charge is 0.315 e. The molecular weight excluding hydrogens is 316 g/mol. The van der Waals surface area contributed by atoms with Crippen molar-refractivity contribution in [3.05, 3.63) is 0 Å². The third kappa shape index (κ3) is 4.16. The lowest BCUT2D eigenvalue weighted by molar-refractivity contribution is 0.177. The first-order chi connectivity index (χ1) is 10.9. The zero-order valence-corrected chi connectivity index (χ0v) is 14.6. The second-order valence-electron chi connectivity index (χ2n) is 7.05. The summed E-state index contributed by atoms with van der Waals surface area (Å²) in [5.41, 5.74) is 0. The summed E-state index contributed by atoms with van der Waals surface area (Å²) in [6, 6.07) is 0.727. The molecule has 0 aliphatic carbocycles. The Labute approximate surface area is 138 Å². The fourth-order valence-electron chi connectivity index (χ4n) is 4.14. The lowest BCUT2D eigenvalue weighted by Crippen LogP contribution is -2.53. The summed E-state index contributed by atoms with van der Waals surface area (Å²) in [6.45, 7) is 3.23. The highest BCUT2D eigenvalue weighted by molar-refractivity contribution is 7.88. The predicted octanol–water partition coefficient (Wildman–Crippen LogP) is 0.336. The van der Waals surface area contributed by atoms with E-state index in [4.69, 9.17) is 0 Å². The molecule has 0 unspecified atom stereocenters. The molecule has 3 aliphatic heterocycles. The SMILES string of the molecule is CS(=O)(=O)N1CCC(NC(=O)N[C@@H]2CCN3CCCC[C@H]23)CC1. The molecule has 0 bridgehead atoms. The van der Waals surface area contributed by atoms with Crippen LogP contribution in [0.5, 0.6) is 0 Å². The van der Waals surface area contributed by atoms with Gasteiger partial charge in [-0.3, -0.25) is 4.90 Å². The molecule has 0 aromatic carbocycles. The Kier molecular flexibility index (Phi) is 5.13. The van der Waals surface area contributed by atoms with E-state index < -0.39 is 10.0 Å². The normalized spacial score (nSPS) is 30.8. The van der Waals surface area contributed by atoms with Gasteiger partial charge in [0.2, 0.25) is 10.0 Å². The molecule has 8 heteroatoms. The molecule has 3 fully saturated rings. The van der Waals surface area contributed by atoms with Gasteiger partial charge >= 0.3 is 6.03 Å². The molecule has 2 amide bonds.